The lowest BCUT2D eigenvalue weighted by Gasteiger charge is -2.09. The zero-order valence-corrected chi connectivity index (χ0v) is 15.4. The predicted octanol–water partition coefficient (Wildman–Crippen LogP) is 4.23. The lowest BCUT2D eigenvalue weighted by atomic mass is 9.98. The molecule has 0 spiro atoms. The van der Waals surface area contributed by atoms with Gasteiger partial charge in [-0.05, 0) is 24.1 Å². The van der Waals surface area contributed by atoms with Crippen LogP contribution in [0.3, 0.4) is 0 Å². The average molecular weight is 385 g/mol. The van der Waals surface area contributed by atoms with Gasteiger partial charge in [-0.2, -0.15) is 5.10 Å². The van der Waals surface area contributed by atoms with Crippen molar-refractivity contribution in [3.05, 3.63) is 64.3 Å². The monoisotopic (exact) mass is 384 g/mol. The minimum absolute atomic E-state index is 0.171. The minimum Gasteiger partial charge on any atom is -0.461 e. The summed E-state index contributed by atoms with van der Waals surface area (Å²) in [4.78, 5) is 12.4. The van der Waals surface area contributed by atoms with Crippen molar-refractivity contribution in [2.75, 3.05) is 13.4 Å². The third kappa shape index (κ3) is 3.36. The van der Waals surface area contributed by atoms with E-state index >= 15 is 0 Å². The highest BCUT2D eigenvalue weighted by Crippen LogP contribution is 2.38. The summed E-state index contributed by atoms with van der Waals surface area (Å²) in [7, 11) is 0. The highest BCUT2D eigenvalue weighted by Gasteiger charge is 2.24. The molecule has 1 N–H and O–H groups in total. The maximum Gasteiger partial charge on any atom is 0.359 e. The van der Waals surface area contributed by atoms with E-state index in [2.05, 4.69) is 10.2 Å². The zero-order valence-electron chi connectivity index (χ0n) is 14.6. The molecule has 3 aromatic rings. The zero-order chi connectivity index (χ0) is 18.8. The number of nitrogens with zero attached hydrogens (tertiary/aromatic N) is 1. The summed E-state index contributed by atoms with van der Waals surface area (Å²) in [6.45, 7) is 2.21. The largest absolute Gasteiger partial charge is 0.461 e. The van der Waals surface area contributed by atoms with Crippen molar-refractivity contribution < 1.29 is 19.0 Å². The van der Waals surface area contributed by atoms with Gasteiger partial charge in [-0.1, -0.05) is 41.9 Å². The highest BCUT2D eigenvalue weighted by atomic mass is 35.5. The second-order valence-corrected chi connectivity index (χ2v) is 6.39. The molecule has 2 aromatic carbocycles. The molecule has 6 nitrogen and oxygen atoms in total. The van der Waals surface area contributed by atoms with E-state index in [0.717, 1.165) is 22.4 Å². The molecular weight excluding hydrogens is 368 g/mol. The lowest BCUT2D eigenvalue weighted by molar-refractivity contribution is 0.0518. The van der Waals surface area contributed by atoms with Gasteiger partial charge in [-0.25, -0.2) is 4.79 Å². The molecule has 0 bridgehead atoms. The Kier molecular flexibility index (Phi) is 4.73. The minimum atomic E-state index is -0.470. The van der Waals surface area contributed by atoms with Crippen molar-refractivity contribution in [1.82, 2.24) is 10.2 Å². The Morgan fingerprint density at radius 3 is 2.70 bits per heavy atom. The number of nitrogens with one attached hydrogen (secondary N) is 1. The molecule has 1 aromatic heterocycles. The summed E-state index contributed by atoms with van der Waals surface area (Å²) < 4.78 is 16.0. The Hall–Kier alpha value is -2.99. The van der Waals surface area contributed by atoms with Crippen LogP contribution in [0.25, 0.3) is 11.3 Å². The number of hydrogen-bond acceptors (Lipinski definition) is 5. The second kappa shape index (κ2) is 7.32. The van der Waals surface area contributed by atoms with Crippen molar-refractivity contribution in [1.29, 1.82) is 0 Å². The molecule has 0 atom stereocenters. The van der Waals surface area contributed by atoms with E-state index in [1.165, 1.54) is 0 Å². The number of benzene rings is 2. The van der Waals surface area contributed by atoms with Crippen LogP contribution in [0.4, 0.5) is 0 Å². The summed E-state index contributed by atoms with van der Waals surface area (Å²) >= 11 is 6.43. The van der Waals surface area contributed by atoms with Crippen LogP contribution in [-0.2, 0) is 11.2 Å². The maximum atomic E-state index is 12.4. The van der Waals surface area contributed by atoms with Gasteiger partial charge in [0.2, 0.25) is 6.79 Å². The van der Waals surface area contributed by atoms with Crippen LogP contribution in [0.2, 0.25) is 5.02 Å². The number of fused-ring (bicyclic) bond motifs is 1. The van der Waals surface area contributed by atoms with Gasteiger partial charge in [0, 0.05) is 23.1 Å². The van der Waals surface area contributed by atoms with E-state index in [1.807, 2.05) is 36.4 Å². The standard InChI is InChI=1S/C20H17ClN2O4/c1-2-25-20(24)19-14(18(22-23-19)12-6-4-3-5-7-12)8-13-9-16-17(10-15(13)21)27-11-26-16/h3-7,9-10H,2,8,11H2,1H3,(H,22,23). The predicted molar refractivity (Wildman–Crippen MR) is 100 cm³/mol. The van der Waals surface area contributed by atoms with Gasteiger partial charge in [-0.3, -0.25) is 5.10 Å². The molecule has 1 aliphatic rings. The Labute approximate surface area is 161 Å². The van der Waals surface area contributed by atoms with Crippen LogP contribution in [0.5, 0.6) is 11.5 Å². The molecule has 0 saturated heterocycles. The number of aromatic nitrogens is 2. The number of carbonyl (C=O) groups is 1. The molecule has 0 radical (unpaired) electrons. The number of rotatable bonds is 5. The molecule has 27 heavy (non-hydrogen) atoms. The number of H-pyrrole nitrogens is 1. The number of aromatic amines is 1. The number of ether oxygens (including phenoxy) is 3. The highest BCUT2D eigenvalue weighted by molar-refractivity contribution is 6.31. The van der Waals surface area contributed by atoms with Crippen LogP contribution in [0.15, 0.2) is 42.5 Å². The first-order valence-corrected chi connectivity index (χ1v) is 8.93. The molecule has 4 rings (SSSR count). The molecule has 2 heterocycles. The van der Waals surface area contributed by atoms with Crippen LogP contribution in [0.1, 0.15) is 28.5 Å². The molecule has 0 unspecified atom stereocenters. The van der Waals surface area contributed by atoms with Crippen molar-refractivity contribution in [3.63, 3.8) is 0 Å². The van der Waals surface area contributed by atoms with Crippen molar-refractivity contribution in [2.45, 2.75) is 13.3 Å². The van der Waals surface area contributed by atoms with Gasteiger partial charge in [0.15, 0.2) is 17.2 Å². The van der Waals surface area contributed by atoms with E-state index in [1.54, 1.807) is 13.0 Å². The quantitative estimate of drug-likeness (QED) is 0.666. The molecule has 1 aliphatic heterocycles. The van der Waals surface area contributed by atoms with Gasteiger partial charge in [-0.15, -0.1) is 0 Å². The third-order valence-corrected chi connectivity index (χ3v) is 4.66. The van der Waals surface area contributed by atoms with Crippen LogP contribution in [-0.4, -0.2) is 29.6 Å². The fraction of sp³-hybridized carbons (Fsp3) is 0.200. The van der Waals surface area contributed by atoms with Crippen LogP contribution >= 0.6 is 11.6 Å². The van der Waals surface area contributed by atoms with Gasteiger partial charge in [0.25, 0.3) is 0 Å². The average Bonchev–Trinajstić information content (AvgIpc) is 3.29. The van der Waals surface area contributed by atoms with Crippen LogP contribution < -0.4 is 9.47 Å². The Morgan fingerprint density at radius 2 is 1.96 bits per heavy atom. The van der Waals surface area contributed by atoms with Crippen LogP contribution in [0, 0.1) is 0 Å². The topological polar surface area (TPSA) is 73.4 Å². The maximum absolute atomic E-state index is 12.4. The second-order valence-electron chi connectivity index (χ2n) is 5.99. The normalized spacial score (nSPS) is 12.2. The molecular formula is C20H17ClN2O4. The smallest absolute Gasteiger partial charge is 0.359 e. The number of hydrogen-bond donors (Lipinski definition) is 1. The van der Waals surface area contributed by atoms with E-state index < -0.39 is 5.97 Å². The van der Waals surface area contributed by atoms with Gasteiger partial charge >= 0.3 is 5.97 Å². The van der Waals surface area contributed by atoms with Gasteiger partial charge in [0.05, 0.1) is 12.3 Å². The Morgan fingerprint density at radius 1 is 1.22 bits per heavy atom. The van der Waals surface area contributed by atoms with E-state index in [4.69, 9.17) is 25.8 Å². The Balaban J connectivity index is 1.78. The SMILES string of the molecule is CCOC(=O)c1n[nH]c(-c2ccccc2)c1Cc1cc2c(cc1Cl)OCO2. The fourth-order valence-electron chi connectivity index (χ4n) is 3.03. The van der Waals surface area contributed by atoms with Gasteiger partial charge < -0.3 is 14.2 Å². The first-order valence-electron chi connectivity index (χ1n) is 8.55. The number of carbonyl (C=O) groups excluding carboxylic acids is 1. The number of halogens is 1. The lowest BCUT2D eigenvalue weighted by Crippen LogP contribution is -2.08. The molecule has 0 aliphatic carbocycles. The van der Waals surface area contributed by atoms with Crippen molar-refractivity contribution in [3.8, 4) is 22.8 Å². The molecule has 0 amide bonds. The fourth-order valence-corrected chi connectivity index (χ4v) is 3.25. The summed E-state index contributed by atoms with van der Waals surface area (Å²) in [6.07, 6.45) is 0.393. The first-order chi connectivity index (χ1) is 13.2. The summed E-state index contributed by atoms with van der Waals surface area (Å²) in [5.41, 5.74) is 3.47. The van der Waals surface area contributed by atoms with Crippen molar-refractivity contribution >= 4 is 17.6 Å². The van der Waals surface area contributed by atoms with E-state index in [-0.39, 0.29) is 19.1 Å². The molecule has 138 valence electrons. The molecule has 0 saturated carbocycles. The first kappa shape index (κ1) is 17.4. The number of esters is 1. The van der Waals surface area contributed by atoms with Gasteiger partial charge in [0.1, 0.15) is 0 Å². The third-order valence-electron chi connectivity index (χ3n) is 4.31. The molecule has 7 heteroatoms. The van der Waals surface area contributed by atoms with E-state index in [0.29, 0.717) is 22.9 Å². The summed E-state index contributed by atoms with van der Waals surface area (Å²) in [5.74, 6) is 0.782. The molecule has 0 fully saturated rings. The van der Waals surface area contributed by atoms with Crippen molar-refractivity contribution in [2.24, 2.45) is 0 Å². The summed E-state index contributed by atoms with van der Waals surface area (Å²) in [6, 6.07) is 13.3. The Bertz CT molecular complexity index is 985. The summed E-state index contributed by atoms with van der Waals surface area (Å²) in [5, 5.41) is 7.72. The van der Waals surface area contributed by atoms with E-state index in [9.17, 15) is 4.79 Å².